The molecular weight excluding hydrogens is 366 g/mol. The third-order valence-corrected chi connectivity index (χ3v) is 4.30. The Morgan fingerprint density at radius 2 is 1.93 bits per heavy atom. The van der Waals surface area contributed by atoms with Gasteiger partial charge in [0.05, 0.1) is 13.3 Å². The molecule has 3 rings (SSSR count). The number of aromatic nitrogens is 1. The quantitative estimate of drug-likeness (QED) is 0.610. The van der Waals surface area contributed by atoms with E-state index >= 15 is 0 Å². The average molecular weight is 386 g/mol. The molecule has 7 heteroatoms. The zero-order valence-electron chi connectivity index (χ0n) is 15.6. The molecule has 5 nitrogen and oxygen atoms in total. The van der Waals surface area contributed by atoms with E-state index in [1.165, 1.54) is 36.3 Å². The van der Waals surface area contributed by atoms with E-state index in [0.717, 1.165) is 0 Å². The minimum Gasteiger partial charge on any atom is -0.494 e. The van der Waals surface area contributed by atoms with Crippen molar-refractivity contribution in [3.05, 3.63) is 71.8 Å². The molecule has 0 aliphatic carbocycles. The van der Waals surface area contributed by atoms with Crippen molar-refractivity contribution in [3.63, 3.8) is 0 Å². The van der Waals surface area contributed by atoms with E-state index in [-0.39, 0.29) is 30.4 Å². The normalized spacial score (nSPS) is 10.7. The van der Waals surface area contributed by atoms with E-state index in [2.05, 4.69) is 4.98 Å². The maximum absolute atomic E-state index is 13.8. The lowest BCUT2D eigenvalue weighted by atomic mass is 10.2. The van der Waals surface area contributed by atoms with Gasteiger partial charge in [0.2, 0.25) is 5.91 Å². The Morgan fingerprint density at radius 3 is 2.61 bits per heavy atom. The zero-order valence-corrected chi connectivity index (χ0v) is 15.6. The molecule has 0 saturated carbocycles. The fraction of sp³-hybridized carbons (Fsp3) is 0.238. The Bertz CT molecular complexity index is 955. The molecule has 0 unspecified atom stereocenters. The molecule has 0 aliphatic heterocycles. The second-order valence-electron chi connectivity index (χ2n) is 6.34. The fourth-order valence-corrected chi connectivity index (χ4v) is 2.75. The first kappa shape index (κ1) is 19.5. The van der Waals surface area contributed by atoms with Gasteiger partial charge in [-0.15, -0.1) is 0 Å². The molecule has 0 atom stereocenters. The minimum atomic E-state index is -0.464. The van der Waals surface area contributed by atoms with Crippen LogP contribution in [0.5, 0.6) is 5.75 Å². The molecule has 1 heterocycles. The number of oxazole rings is 1. The minimum absolute atomic E-state index is 0.113. The Kier molecular flexibility index (Phi) is 6.03. The summed E-state index contributed by atoms with van der Waals surface area (Å²) >= 11 is 0. The van der Waals surface area contributed by atoms with Crippen LogP contribution in [0.2, 0.25) is 0 Å². The summed E-state index contributed by atoms with van der Waals surface area (Å²) in [5, 5.41) is 0. The van der Waals surface area contributed by atoms with Gasteiger partial charge in [-0.1, -0.05) is 6.07 Å². The van der Waals surface area contributed by atoms with Crippen molar-refractivity contribution >= 4 is 5.91 Å². The van der Waals surface area contributed by atoms with E-state index in [0.29, 0.717) is 29.2 Å². The lowest BCUT2D eigenvalue weighted by Gasteiger charge is -2.17. The molecule has 3 aromatic rings. The van der Waals surface area contributed by atoms with Crippen LogP contribution in [-0.2, 0) is 17.8 Å². The van der Waals surface area contributed by atoms with Gasteiger partial charge < -0.3 is 14.1 Å². The van der Waals surface area contributed by atoms with Crippen LogP contribution in [0, 0.1) is 11.6 Å². The van der Waals surface area contributed by atoms with Gasteiger partial charge in [0, 0.05) is 32.0 Å². The second-order valence-corrected chi connectivity index (χ2v) is 6.34. The third kappa shape index (κ3) is 4.73. The van der Waals surface area contributed by atoms with Gasteiger partial charge in [-0.3, -0.25) is 4.79 Å². The van der Waals surface area contributed by atoms with Gasteiger partial charge in [-0.2, -0.15) is 0 Å². The number of rotatable bonds is 7. The Morgan fingerprint density at radius 1 is 1.18 bits per heavy atom. The first-order valence-corrected chi connectivity index (χ1v) is 8.73. The van der Waals surface area contributed by atoms with Gasteiger partial charge in [0.1, 0.15) is 5.82 Å². The number of aryl methyl sites for hydroxylation is 1. The molecule has 0 N–H and O–H groups in total. The number of hydrogen-bond donors (Lipinski definition) is 0. The predicted molar refractivity (Wildman–Crippen MR) is 99.6 cm³/mol. The van der Waals surface area contributed by atoms with Gasteiger partial charge >= 0.3 is 0 Å². The molecule has 1 amide bonds. The smallest absolute Gasteiger partial charge is 0.223 e. The fourth-order valence-electron chi connectivity index (χ4n) is 2.75. The van der Waals surface area contributed by atoms with Crippen molar-refractivity contribution in [1.82, 2.24) is 9.88 Å². The zero-order chi connectivity index (χ0) is 20.1. The van der Waals surface area contributed by atoms with E-state index in [1.807, 2.05) is 0 Å². The van der Waals surface area contributed by atoms with Crippen LogP contribution in [0.15, 0.2) is 53.1 Å². The van der Waals surface area contributed by atoms with Crippen molar-refractivity contribution in [2.45, 2.75) is 19.4 Å². The van der Waals surface area contributed by atoms with Gasteiger partial charge in [-0.25, -0.2) is 13.8 Å². The number of carbonyl (C=O) groups excluding carboxylic acids is 1. The monoisotopic (exact) mass is 386 g/mol. The van der Waals surface area contributed by atoms with Gasteiger partial charge in [0.15, 0.2) is 23.2 Å². The molecule has 0 fully saturated rings. The summed E-state index contributed by atoms with van der Waals surface area (Å²) in [4.78, 5) is 18.0. The largest absolute Gasteiger partial charge is 0.494 e. The summed E-state index contributed by atoms with van der Waals surface area (Å²) in [5.41, 5.74) is 1.38. The molecule has 0 saturated heterocycles. The number of nitrogens with zero attached hydrogens (tertiary/aromatic N) is 2. The second kappa shape index (κ2) is 8.65. The van der Waals surface area contributed by atoms with Crippen molar-refractivity contribution in [3.8, 4) is 17.1 Å². The van der Waals surface area contributed by atoms with E-state index in [9.17, 15) is 13.6 Å². The summed E-state index contributed by atoms with van der Waals surface area (Å²) in [7, 11) is 3.06. The van der Waals surface area contributed by atoms with Crippen LogP contribution in [0.25, 0.3) is 11.3 Å². The summed E-state index contributed by atoms with van der Waals surface area (Å²) in [6, 6.07) is 10.5. The van der Waals surface area contributed by atoms with Crippen LogP contribution in [0.3, 0.4) is 0 Å². The molecule has 2 aromatic carbocycles. The maximum atomic E-state index is 13.8. The Labute approximate surface area is 161 Å². The van der Waals surface area contributed by atoms with Crippen molar-refractivity contribution in [2.24, 2.45) is 0 Å². The van der Waals surface area contributed by atoms with Crippen molar-refractivity contribution in [2.75, 3.05) is 14.2 Å². The van der Waals surface area contributed by atoms with E-state index < -0.39 is 5.82 Å². The number of ether oxygens (including phenoxy) is 1. The summed E-state index contributed by atoms with van der Waals surface area (Å²) < 4.78 is 37.3. The standard InChI is InChI=1S/C21H20F2N2O3/c1-25(13-14-3-8-18(27-2)17(23)11-14)21(26)10-9-20-24-12-19(28-20)15-4-6-16(22)7-5-15/h3-8,11-12H,9-10,13H2,1-2H3. The van der Waals surface area contributed by atoms with Crippen LogP contribution >= 0.6 is 0 Å². The number of amides is 1. The Balaban J connectivity index is 1.55. The highest BCUT2D eigenvalue weighted by Gasteiger charge is 2.14. The van der Waals surface area contributed by atoms with Crippen LogP contribution < -0.4 is 4.74 Å². The molecule has 0 radical (unpaired) electrons. The van der Waals surface area contributed by atoms with E-state index in [1.54, 1.807) is 31.4 Å². The number of carbonyl (C=O) groups is 1. The highest BCUT2D eigenvalue weighted by atomic mass is 19.1. The van der Waals surface area contributed by atoms with Crippen LogP contribution in [0.1, 0.15) is 17.9 Å². The lowest BCUT2D eigenvalue weighted by Crippen LogP contribution is -2.26. The molecule has 0 bridgehead atoms. The molecular formula is C21H20F2N2O3. The molecule has 1 aromatic heterocycles. The van der Waals surface area contributed by atoms with Crippen LogP contribution in [-0.4, -0.2) is 29.9 Å². The van der Waals surface area contributed by atoms with Gasteiger partial charge in [-0.05, 0) is 42.0 Å². The molecule has 28 heavy (non-hydrogen) atoms. The number of benzene rings is 2. The van der Waals surface area contributed by atoms with Crippen molar-refractivity contribution < 1.29 is 22.7 Å². The Hall–Kier alpha value is -3.22. The molecule has 0 aliphatic rings. The summed E-state index contributed by atoms with van der Waals surface area (Å²) in [6.45, 7) is 0.284. The first-order chi connectivity index (χ1) is 13.5. The lowest BCUT2D eigenvalue weighted by molar-refractivity contribution is -0.130. The molecule has 0 spiro atoms. The third-order valence-electron chi connectivity index (χ3n) is 4.30. The van der Waals surface area contributed by atoms with Crippen molar-refractivity contribution in [1.29, 1.82) is 0 Å². The molecule has 146 valence electrons. The highest BCUT2D eigenvalue weighted by Crippen LogP contribution is 2.22. The number of hydrogen-bond acceptors (Lipinski definition) is 4. The SMILES string of the molecule is COc1ccc(CN(C)C(=O)CCc2ncc(-c3ccc(F)cc3)o2)cc1F. The maximum Gasteiger partial charge on any atom is 0.223 e. The number of methoxy groups -OCH3 is 1. The predicted octanol–water partition coefficient (Wildman–Crippen LogP) is 4.22. The highest BCUT2D eigenvalue weighted by molar-refractivity contribution is 5.76. The summed E-state index contributed by atoms with van der Waals surface area (Å²) in [5.74, 6) is 0.209. The topological polar surface area (TPSA) is 55.6 Å². The van der Waals surface area contributed by atoms with Gasteiger partial charge in [0.25, 0.3) is 0 Å². The number of halogens is 2. The summed E-state index contributed by atoms with van der Waals surface area (Å²) in [6.07, 6.45) is 2.09. The average Bonchev–Trinajstić information content (AvgIpc) is 3.16. The van der Waals surface area contributed by atoms with E-state index in [4.69, 9.17) is 9.15 Å². The first-order valence-electron chi connectivity index (χ1n) is 8.73. The van der Waals surface area contributed by atoms with Crippen LogP contribution in [0.4, 0.5) is 8.78 Å².